The lowest BCUT2D eigenvalue weighted by Gasteiger charge is -2.04. The summed E-state index contributed by atoms with van der Waals surface area (Å²) in [6, 6.07) is 3.71. The van der Waals surface area contributed by atoms with E-state index in [9.17, 15) is 0 Å². The van der Waals surface area contributed by atoms with Gasteiger partial charge in [0.1, 0.15) is 0 Å². The summed E-state index contributed by atoms with van der Waals surface area (Å²) in [5.74, 6) is 1.34. The topological polar surface area (TPSA) is 53.7 Å². The number of fused-ring (bicyclic) bond motifs is 1. The van der Waals surface area contributed by atoms with Gasteiger partial charge in [-0.15, -0.1) is 0 Å². The molecule has 1 aromatic carbocycles. The molecule has 4 heteroatoms. The largest absolute Gasteiger partial charge is 0.453 e. The lowest BCUT2D eigenvalue weighted by atomic mass is 10.2. The SMILES string of the molecule is COCc1cc(N)c2c(c1)OCO2. The van der Waals surface area contributed by atoms with Gasteiger partial charge in [-0.3, -0.25) is 0 Å². The number of rotatable bonds is 2. The van der Waals surface area contributed by atoms with Gasteiger partial charge in [-0.2, -0.15) is 0 Å². The van der Waals surface area contributed by atoms with Crippen LogP contribution in [-0.4, -0.2) is 13.9 Å². The number of hydrogen-bond donors (Lipinski definition) is 1. The van der Waals surface area contributed by atoms with Gasteiger partial charge in [-0.25, -0.2) is 0 Å². The van der Waals surface area contributed by atoms with Crippen molar-refractivity contribution in [2.24, 2.45) is 0 Å². The summed E-state index contributed by atoms with van der Waals surface area (Å²) in [5.41, 5.74) is 7.33. The molecule has 0 saturated carbocycles. The fourth-order valence-corrected chi connectivity index (χ4v) is 1.35. The van der Waals surface area contributed by atoms with Gasteiger partial charge >= 0.3 is 0 Å². The van der Waals surface area contributed by atoms with Crippen LogP contribution >= 0.6 is 0 Å². The summed E-state index contributed by atoms with van der Waals surface area (Å²) in [6.45, 7) is 0.775. The van der Waals surface area contributed by atoms with Crippen LogP contribution in [-0.2, 0) is 11.3 Å². The number of methoxy groups -OCH3 is 1. The Morgan fingerprint density at radius 3 is 3.08 bits per heavy atom. The number of nitrogens with two attached hydrogens (primary N) is 1. The fourth-order valence-electron chi connectivity index (χ4n) is 1.35. The summed E-state index contributed by atoms with van der Waals surface area (Å²) in [4.78, 5) is 0. The predicted octanol–water partition coefficient (Wildman–Crippen LogP) is 1.14. The zero-order valence-corrected chi connectivity index (χ0v) is 7.37. The molecular weight excluding hydrogens is 170 g/mol. The first kappa shape index (κ1) is 8.19. The minimum atomic E-state index is 0.246. The Morgan fingerprint density at radius 1 is 1.46 bits per heavy atom. The quantitative estimate of drug-likeness (QED) is 0.695. The third kappa shape index (κ3) is 1.40. The molecule has 1 aliphatic rings. The molecule has 13 heavy (non-hydrogen) atoms. The highest BCUT2D eigenvalue weighted by Gasteiger charge is 2.17. The van der Waals surface area contributed by atoms with Gasteiger partial charge in [0.2, 0.25) is 6.79 Å². The van der Waals surface area contributed by atoms with Gasteiger partial charge in [0.25, 0.3) is 0 Å². The number of benzene rings is 1. The predicted molar refractivity (Wildman–Crippen MR) is 47.7 cm³/mol. The Morgan fingerprint density at radius 2 is 2.31 bits per heavy atom. The van der Waals surface area contributed by atoms with Gasteiger partial charge in [-0.1, -0.05) is 0 Å². The van der Waals surface area contributed by atoms with E-state index in [2.05, 4.69) is 0 Å². The van der Waals surface area contributed by atoms with Crippen LogP contribution in [0.1, 0.15) is 5.56 Å². The van der Waals surface area contributed by atoms with E-state index in [0.717, 1.165) is 5.56 Å². The molecule has 0 aromatic heterocycles. The average molecular weight is 181 g/mol. The Balaban J connectivity index is 2.37. The first-order valence-electron chi connectivity index (χ1n) is 3.98. The van der Waals surface area contributed by atoms with Crippen LogP contribution in [0.3, 0.4) is 0 Å². The fraction of sp³-hybridized carbons (Fsp3) is 0.333. The molecule has 1 aromatic rings. The Hall–Kier alpha value is -1.42. The highest BCUT2D eigenvalue weighted by molar-refractivity contribution is 5.63. The summed E-state index contributed by atoms with van der Waals surface area (Å²) in [6.07, 6.45) is 0. The molecule has 0 fully saturated rings. The van der Waals surface area contributed by atoms with Crippen molar-refractivity contribution in [2.75, 3.05) is 19.6 Å². The first-order chi connectivity index (χ1) is 6.31. The normalized spacial score (nSPS) is 13.3. The lowest BCUT2D eigenvalue weighted by Crippen LogP contribution is -1.94. The van der Waals surface area contributed by atoms with Gasteiger partial charge < -0.3 is 19.9 Å². The molecule has 0 aliphatic carbocycles. The van der Waals surface area contributed by atoms with Crippen molar-refractivity contribution in [3.63, 3.8) is 0 Å². The maximum atomic E-state index is 5.74. The summed E-state index contributed by atoms with van der Waals surface area (Å²) in [7, 11) is 1.64. The van der Waals surface area contributed by atoms with Crippen LogP contribution in [0.15, 0.2) is 12.1 Å². The third-order valence-electron chi connectivity index (χ3n) is 1.87. The van der Waals surface area contributed by atoms with E-state index in [-0.39, 0.29) is 6.79 Å². The third-order valence-corrected chi connectivity index (χ3v) is 1.87. The molecule has 2 rings (SSSR count). The van der Waals surface area contributed by atoms with Gasteiger partial charge in [0, 0.05) is 7.11 Å². The van der Waals surface area contributed by atoms with Crippen molar-refractivity contribution in [1.29, 1.82) is 0 Å². The second-order valence-corrected chi connectivity index (χ2v) is 2.85. The van der Waals surface area contributed by atoms with Crippen molar-refractivity contribution in [2.45, 2.75) is 6.61 Å². The average Bonchev–Trinajstić information content (AvgIpc) is 2.53. The van der Waals surface area contributed by atoms with Gasteiger partial charge in [0.05, 0.1) is 12.3 Å². The molecule has 70 valence electrons. The molecule has 0 amide bonds. The maximum Gasteiger partial charge on any atom is 0.231 e. The highest BCUT2D eigenvalue weighted by atomic mass is 16.7. The first-order valence-corrected chi connectivity index (χ1v) is 3.98. The van der Waals surface area contributed by atoms with Crippen molar-refractivity contribution < 1.29 is 14.2 Å². The van der Waals surface area contributed by atoms with Gasteiger partial charge in [-0.05, 0) is 17.7 Å². The van der Waals surface area contributed by atoms with E-state index in [1.165, 1.54) is 0 Å². The molecule has 0 spiro atoms. The van der Waals surface area contributed by atoms with E-state index in [0.29, 0.717) is 23.8 Å². The van der Waals surface area contributed by atoms with Crippen LogP contribution in [0.25, 0.3) is 0 Å². The highest BCUT2D eigenvalue weighted by Crippen LogP contribution is 2.38. The molecule has 4 nitrogen and oxygen atoms in total. The number of hydrogen-bond acceptors (Lipinski definition) is 4. The monoisotopic (exact) mass is 181 g/mol. The Bertz CT molecular complexity index is 325. The molecule has 2 N–H and O–H groups in total. The molecule has 0 radical (unpaired) electrons. The minimum Gasteiger partial charge on any atom is -0.453 e. The number of anilines is 1. The standard InChI is InChI=1S/C9H11NO3/c1-11-4-6-2-7(10)9-8(3-6)12-5-13-9/h2-3H,4-5,10H2,1H3. The summed E-state index contributed by atoms with van der Waals surface area (Å²) >= 11 is 0. The van der Waals surface area contributed by atoms with Crippen LogP contribution in [0.5, 0.6) is 11.5 Å². The zero-order chi connectivity index (χ0) is 9.26. The van der Waals surface area contributed by atoms with E-state index < -0.39 is 0 Å². The van der Waals surface area contributed by atoms with Gasteiger partial charge in [0.15, 0.2) is 11.5 Å². The molecule has 1 aliphatic heterocycles. The van der Waals surface area contributed by atoms with Crippen molar-refractivity contribution in [3.05, 3.63) is 17.7 Å². The Kier molecular flexibility index (Phi) is 1.98. The van der Waals surface area contributed by atoms with Crippen LogP contribution in [0, 0.1) is 0 Å². The smallest absolute Gasteiger partial charge is 0.231 e. The van der Waals surface area contributed by atoms with E-state index >= 15 is 0 Å². The van der Waals surface area contributed by atoms with Crippen molar-refractivity contribution in [3.8, 4) is 11.5 Å². The second-order valence-electron chi connectivity index (χ2n) is 2.85. The van der Waals surface area contributed by atoms with E-state index in [1.807, 2.05) is 12.1 Å². The van der Waals surface area contributed by atoms with E-state index in [1.54, 1.807) is 7.11 Å². The molecule has 0 bridgehead atoms. The Labute approximate surface area is 76.2 Å². The lowest BCUT2D eigenvalue weighted by molar-refractivity contribution is 0.173. The summed E-state index contributed by atoms with van der Waals surface area (Å²) in [5, 5.41) is 0. The summed E-state index contributed by atoms with van der Waals surface area (Å²) < 4.78 is 15.4. The molecule has 0 atom stereocenters. The molecule has 0 saturated heterocycles. The second kappa shape index (κ2) is 3.14. The number of nitrogen functional groups attached to an aromatic ring is 1. The van der Waals surface area contributed by atoms with Crippen molar-refractivity contribution >= 4 is 5.69 Å². The van der Waals surface area contributed by atoms with Crippen molar-refractivity contribution in [1.82, 2.24) is 0 Å². The molecule has 0 unspecified atom stereocenters. The number of ether oxygens (including phenoxy) is 3. The molecule has 1 heterocycles. The van der Waals surface area contributed by atoms with Crippen LogP contribution in [0.2, 0.25) is 0 Å². The maximum absolute atomic E-state index is 5.74. The van der Waals surface area contributed by atoms with Crippen LogP contribution in [0.4, 0.5) is 5.69 Å². The molecular formula is C9H11NO3. The van der Waals surface area contributed by atoms with Crippen LogP contribution < -0.4 is 15.2 Å². The minimum absolute atomic E-state index is 0.246. The zero-order valence-electron chi connectivity index (χ0n) is 7.37. The van der Waals surface area contributed by atoms with E-state index in [4.69, 9.17) is 19.9 Å².